The summed E-state index contributed by atoms with van der Waals surface area (Å²) in [6.07, 6.45) is -4.47. The number of phenols is 1. The second-order valence-corrected chi connectivity index (χ2v) is 19.7. The van der Waals surface area contributed by atoms with Crippen molar-refractivity contribution in [2.45, 2.75) is 52.0 Å². The number of benzene rings is 6. The van der Waals surface area contributed by atoms with Gasteiger partial charge in [-0.3, -0.25) is 0 Å². The second-order valence-electron chi connectivity index (χ2n) is 14.7. The van der Waals surface area contributed by atoms with Crippen molar-refractivity contribution in [1.82, 2.24) is 0 Å². The van der Waals surface area contributed by atoms with E-state index >= 15 is 0 Å². The molecule has 49 heavy (non-hydrogen) atoms. The molecule has 250 valence electrons. The molecular weight excluding hydrogens is 634 g/mol. The number of fused-ring (bicyclic) bond motifs is 1. The van der Waals surface area contributed by atoms with Crippen LogP contribution in [0.2, 0.25) is 19.6 Å². The molecule has 0 aliphatic carbocycles. The van der Waals surface area contributed by atoms with Gasteiger partial charge >= 0.3 is 6.18 Å². The van der Waals surface area contributed by atoms with E-state index in [9.17, 15) is 18.3 Å². The van der Waals surface area contributed by atoms with E-state index in [1.54, 1.807) is 19.2 Å². The Morgan fingerprint density at radius 2 is 0.980 bits per heavy atom. The van der Waals surface area contributed by atoms with Crippen LogP contribution < -0.4 is 9.92 Å². The zero-order valence-corrected chi connectivity index (χ0v) is 30.0. The van der Waals surface area contributed by atoms with Gasteiger partial charge in [-0.25, -0.2) is 0 Å². The Morgan fingerprint density at radius 3 is 1.43 bits per heavy atom. The highest BCUT2D eigenvalue weighted by Gasteiger charge is 2.31. The fourth-order valence-electron chi connectivity index (χ4n) is 6.62. The summed E-state index contributed by atoms with van der Waals surface area (Å²) in [5, 5.41) is 14.2. The van der Waals surface area contributed by atoms with Gasteiger partial charge in [0.25, 0.3) is 0 Å². The van der Waals surface area contributed by atoms with Crippen molar-refractivity contribution in [1.29, 1.82) is 0 Å². The molecule has 0 spiro atoms. The molecule has 0 heterocycles. The Hall–Kier alpha value is -4.81. The molecule has 0 aliphatic rings. The molecule has 0 amide bonds. The molecule has 0 fully saturated rings. The maximum absolute atomic E-state index is 13.8. The Kier molecular flexibility index (Phi) is 8.74. The molecule has 0 radical (unpaired) electrons. The zero-order valence-electron chi connectivity index (χ0n) is 29.0. The lowest BCUT2D eigenvalue weighted by Gasteiger charge is -2.27. The van der Waals surface area contributed by atoms with Gasteiger partial charge in [-0.05, 0) is 102 Å². The van der Waals surface area contributed by atoms with Crippen LogP contribution in [-0.4, -0.2) is 20.3 Å². The van der Waals surface area contributed by atoms with Crippen molar-refractivity contribution in [2.24, 2.45) is 0 Å². The highest BCUT2D eigenvalue weighted by Crippen LogP contribution is 2.52. The maximum Gasteiger partial charge on any atom is 0.416 e. The lowest BCUT2D eigenvalue weighted by molar-refractivity contribution is -0.137. The summed E-state index contributed by atoms with van der Waals surface area (Å²) >= 11 is 0. The summed E-state index contributed by atoms with van der Waals surface area (Å²) in [5.41, 5.74) is 7.50. The number of phenolic OH excluding ortho intramolecular Hbond substituents is 1. The summed E-state index contributed by atoms with van der Waals surface area (Å²) in [6, 6.07) is 35.9. The summed E-state index contributed by atoms with van der Waals surface area (Å²) in [4.78, 5) is 0. The minimum atomic E-state index is -4.47. The highest BCUT2D eigenvalue weighted by atomic mass is 28.3. The highest BCUT2D eigenvalue weighted by molar-refractivity contribution is 6.89. The van der Waals surface area contributed by atoms with Crippen LogP contribution in [0.3, 0.4) is 0 Å². The van der Waals surface area contributed by atoms with E-state index in [1.165, 1.54) is 5.56 Å². The van der Waals surface area contributed by atoms with Crippen LogP contribution in [0.15, 0.2) is 115 Å². The molecule has 0 saturated heterocycles. The number of hydrogen-bond acceptors (Lipinski definition) is 2. The molecule has 1 N–H and O–H groups in total. The van der Waals surface area contributed by atoms with E-state index in [2.05, 4.69) is 70.7 Å². The topological polar surface area (TPSA) is 29.5 Å². The number of rotatable bonds is 6. The second kappa shape index (κ2) is 12.6. The monoisotopic (exact) mass is 674 g/mol. The van der Waals surface area contributed by atoms with Crippen LogP contribution in [-0.2, 0) is 11.6 Å². The number of halogens is 3. The number of ether oxygens (including phenoxy) is 1. The first-order chi connectivity index (χ1) is 23.1. The van der Waals surface area contributed by atoms with Crippen molar-refractivity contribution < 1.29 is 23.0 Å². The van der Waals surface area contributed by atoms with E-state index < -0.39 is 19.8 Å². The van der Waals surface area contributed by atoms with Gasteiger partial charge in [0.15, 0.2) is 0 Å². The number of aromatic hydroxyl groups is 1. The summed E-state index contributed by atoms with van der Waals surface area (Å²) in [6.45, 7) is 13.2. The normalized spacial score (nSPS) is 12.4. The quantitative estimate of drug-likeness (QED) is 0.178. The Morgan fingerprint density at radius 1 is 0.551 bits per heavy atom. The molecule has 2 nitrogen and oxygen atoms in total. The Labute approximate surface area is 287 Å². The van der Waals surface area contributed by atoms with Gasteiger partial charge in [-0.2, -0.15) is 13.2 Å². The van der Waals surface area contributed by atoms with Crippen molar-refractivity contribution in [3.8, 4) is 56.0 Å². The first kappa shape index (κ1) is 34.1. The molecular formula is C43H41F3O2Si. The molecule has 0 unspecified atom stereocenters. The van der Waals surface area contributed by atoms with Crippen LogP contribution in [0.1, 0.15) is 31.9 Å². The molecule has 6 heteroatoms. The van der Waals surface area contributed by atoms with E-state index in [0.717, 1.165) is 72.8 Å². The van der Waals surface area contributed by atoms with Crippen molar-refractivity contribution in [3.05, 3.63) is 126 Å². The predicted octanol–water partition coefficient (Wildman–Crippen LogP) is 12.1. The average Bonchev–Trinajstić information content (AvgIpc) is 3.06. The van der Waals surface area contributed by atoms with Crippen molar-refractivity contribution >= 4 is 24.0 Å². The van der Waals surface area contributed by atoms with Gasteiger partial charge < -0.3 is 9.84 Å². The average molecular weight is 675 g/mol. The van der Waals surface area contributed by atoms with Crippen molar-refractivity contribution in [2.75, 3.05) is 7.11 Å². The minimum Gasteiger partial charge on any atom is -0.508 e. The van der Waals surface area contributed by atoms with Gasteiger partial charge in [-0.1, -0.05) is 125 Å². The molecule has 0 aromatic heterocycles. The van der Waals surface area contributed by atoms with Gasteiger partial charge in [-0.15, -0.1) is 0 Å². The number of hydrogen-bond donors (Lipinski definition) is 1. The lowest BCUT2D eigenvalue weighted by Crippen LogP contribution is -2.37. The van der Waals surface area contributed by atoms with Gasteiger partial charge in [0.05, 0.1) is 20.7 Å². The first-order valence-corrected chi connectivity index (χ1v) is 19.9. The molecule has 6 rings (SSSR count). The molecule has 0 atom stereocenters. The minimum absolute atomic E-state index is 0.0438. The third-order valence-corrected chi connectivity index (χ3v) is 11.2. The van der Waals surface area contributed by atoms with Crippen LogP contribution in [0, 0.1) is 0 Å². The summed E-state index contributed by atoms with van der Waals surface area (Å²) in [5.74, 6) is 0.917. The van der Waals surface area contributed by atoms with E-state index in [0.29, 0.717) is 5.56 Å². The molecule has 6 aromatic rings. The third kappa shape index (κ3) is 6.62. The summed E-state index contributed by atoms with van der Waals surface area (Å²) in [7, 11) is -0.421. The summed E-state index contributed by atoms with van der Waals surface area (Å²) < 4.78 is 46.9. The smallest absolute Gasteiger partial charge is 0.416 e. The van der Waals surface area contributed by atoms with Crippen LogP contribution in [0.4, 0.5) is 13.2 Å². The van der Waals surface area contributed by atoms with E-state index in [1.807, 2.05) is 60.7 Å². The van der Waals surface area contributed by atoms with Crippen LogP contribution in [0.25, 0.3) is 55.3 Å². The SMILES string of the molecule is COc1ccc(-c2c(-c3ccccc3)c(-c3ccc(C(F)(F)F)cc3)c3cc(O)c([Si](C)(C)C)cc3c2-c2ccc(C(C)(C)C)cc2)cc1. The fourth-order valence-corrected chi connectivity index (χ4v) is 8.04. The maximum atomic E-state index is 13.8. The Balaban J connectivity index is 1.87. The number of methoxy groups -OCH3 is 1. The zero-order chi connectivity index (χ0) is 35.3. The largest absolute Gasteiger partial charge is 0.508 e. The first-order valence-electron chi connectivity index (χ1n) is 16.4. The third-order valence-electron chi connectivity index (χ3n) is 9.21. The number of alkyl halides is 3. The molecule has 0 bridgehead atoms. The van der Waals surface area contributed by atoms with Gasteiger partial charge in [0, 0.05) is 0 Å². The predicted molar refractivity (Wildman–Crippen MR) is 201 cm³/mol. The fraction of sp³-hybridized carbons (Fsp3) is 0.209. The van der Waals surface area contributed by atoms with Crippen molar-refractivity contribution in [3.63, 3.8) is 0 Å². The standard InChI is InChI=1S/C43H41F3O2Si/c1-42(2,3)31-19-13-28(14-20-31)39-35-26-37(49(5,6)7)36(47)25-34(35)38(29-15-21-32(22-16-29)43(44,45)46)40(27-11-9-8-10-12-27)41(39)30-17-23-33(48-4)24-18-30/h8-26,47H,1-7H3. The van der Waals surface area contributed by atoms with Gasteiger partial charge in [0.2, 0.25) is 0 Å². The molecule has 6 aromatic carbocycles. The van der Waals surface area contributed by atoms with Crippen LogP contribution in [0.5, 0.6) is 11.5 Å². The molecule has 0 aliphatic heterocycles. The lowest BCUT2D eigenvalue weighted by atomic mass is 9.78. The van der Waals surface area contributed by atoms with E-state index in [4.69, 9.17) is 4.74 Å². The van der Waals surface area contributed by atoms with Gasteiger partial charge in [0.1, 0.15) is 11.5 Å². The van der Waals surface area contributed by atoms with Crippen LogP contribution >= 0.6 is 0 Å². The molecule has 0 saturated carbocycles. The van der Waals surface area contributed by atoms with E-state index in [-0.39, 0.29) is 11.2 Å². The Bertz CT molecular complexity index is 2120.